The van der Waals surface area contributed by atoms with E-state index in [0.717, 1.165) is 41.5 Å². The zero-order chi connectivity index (χ0) is 21.4. The molecule has 2 aliphatic heterocycles. The minimum Gasteiger partial charge on any atom is -0.368 e. The molecular formula is C25H24Cl2O3. The Bertz CT molecular complexity index is 1060. The zero-order valence-corrected chi connectivity index (χ0v) is 18.8. The van der Waals surface area contributed by atoms with Gasteiger partial charge in [-0.05, 0) is 68.0 Å². The van der Waals surface area contributed by atoms with Gasteiger partial charge < -0.3 is 4.74 Å². The topological polar surface area (TPSA) is 43.4 Å². The number of ether oxygens (including phenoxy) is 1. The molecule has 0 amide bonds. The summed E-state index contributed by atoms with van der Waals surface area (Å²) in [6, 6.07) is 11.4. The van der Waals surface area contributed by atoms with Crippen LogP contribution in [0.2, 0.25) is 10.0 Å². The third-order valence-electron chi connectivity index (χ3n) is 7.50. The first-order valence-corrected chi connectivity index (χ1v) is 11.3. The minimum atomic E-state index is -0.721. The first-order valence-electron chi connectivity index (χ1n) is 10.5. The van der Waals surface area contributed by atoms with Gasteiger partial charge in [-0.25, -0.2) is 0 Å². The zero-order valence-electron chi connectivity index (χ0n) is 17.3. The molecule has 156 valence electrons. The average molecular weight is 443 g/mol. The standard InChI is InChI=1S/C25H24Cl2O3/c1-4-13-5-6-14(16-8-7-15(26)12-18(16)27)11-17(13)19-22(28)20-21(23(19)29)25(3)10-9-24(20,2)30-25/h5-8,11-12,19-21H,4,9-10H2,1-3H3. The van der Waals surface area contributed by atoms with E-state index in [0.29, 0.717) is 10.0 Å². The van der Waals surface area contributed by atoms with Crippen molar-refractivity contribution in [2.45, 2.75) is 57.2 Å². The number of carbonyl (C=O) groups excluding carboxylic acids is 2. The second kappa shape index (κ2) is 6.66. The molecule has 0 aromatic heterocycles. The molecule has 2 saturated heterocycles. The number of ketones is 2. The van der Waals surface area contributed by atoms with Gasteiger partial charge in [0.2, 0.25) is 0 Å². The number of carbonyl (C=O) groups is 2. The fourth-order valence-electron chi connectivity index (χ4n) is 6.09. The van der Waals surface area contributed by atoms with Crippen LogP contribution in [-0.2, 0) is 20.7 Å². The van der Waals surface area contributed by atoms with E-state index in [4.69, 9.17) is 27.9 Å². The normalized spacial score (nSPS) is 34.6. The maximum Gasteiger partial charge on any atom is 0.154 e. The van der Waals surface area contributed by atoms with E-state index in [9.17, 15) is 9.59 Å². The molecule has 3 nitrogen and oxygen atoms in total. The summed E-state index contributed by atoms with van der Waals surface area (Å²) in [6.45, 7) is 6.05. The van der Waals surface area contributed by atoms with Crippen molar-refractivity contribution in [2.24, 2.45) is 11.8 Å². The van der Waals surface area contributed by atoms with E-state index < -0.39 is 17.1 Å². The Hall–Kier alpha value is -1.68. The fraction of sp³-hybridized carbons (Fsp3) is 0.440. The first kappa shape index (κ1) is 20.2. The quantitative estimate of drug-likeness (QED) is 0.544. The van der Waals surface area contributed by atoms with Gasteiger partial charge in [0.05, 0.1) is 23.0 Å². The number of hydrogen-bond donors (Lipinski definition) is 0. The number of fused-ring (bicyclic) bond motifs is 5. The highest BCUT2D eigenvalue weighted by Gasteiger charge is 2.72. The summed E-state index contributed by atoms with van der Waals surface area (Å²) in [4.78, 5) is 27.2. The number of hydrogen-bond acceptors (Lipinski definition) is 3. The van der Waals surface area contributed by atoms with E-state index in [1.807, 2.05) is 45.0 Å². The van der Waals surface area contributed by atoms with Crippen molar-refractivity contribution >= 4 is 34.8 Å². The van der Waals surface area contributed by atoms with Crippen LogP contribution in [0, 0.1) is 11.8 Å². The van der Waals surface area contributed by atoms with Crippen LogP contribution in [0.15, 0.2) is 36.4 Å². The van der Waals surface area contributed by atoms with Crippen molar-refractivity contribution < 1.29 is 14.3 Å². The number of rotatable bonds is 3. The summed E-state index contributed by atoms with van der Waals surface area (Å²) < 4.78 is 6.24. The molecular weight excluding hydrogens is 419 g/mol. The van der Waals surface area contributed by atoms with E-state index >= 15 is 0 Å². The number of benzene rings is 2. The molecule has 0 spiro atoms. The van der Waals surface area contributed by atoms with Gasteiger partial charge in [0.25, 0.3) is 0 Å². The molecule has 30 heavy (non-hydrogen) atoms. The molecule has 5 rings (SSSR count). The lowest BCUT2D eigenvalue weighted by Crippen LogP contribution is -2.40. The van der Waals surface area contributed by atoms with Gasteiger partial charge in [-0.2, -0.15) is 0 Å². The number of aryl methyl sites for hydroxylation is 1. The first-order chi connectivity index (χ1) is 14.2. The van der Waals surface area contributed by atoms with Crippen LogP contribution in [0.5, 0.6) is 0 Å². The van der Waals surface area contributed by atoms with E-state index in [-0.39, 0.29) is 23.4 Å². The summed E-state index contributed by atoms with van der Waals surface area (Å²) in [5, 5.41) is 1.12. The van der Waals surface area contributed by atoms with Crippen molar-refractivity contribution in [2.75, 3.05) is 0 Å². The van der Waals surface area contributed by atoms with Crippen LogP contribution in [0.1, 0.15) is 50.7 Å². The summed E-state index contributed by atoms with van der Waals surface area (Å²) in [7, 11) is 0. The van der Waals surface area contributed by atoms with Crippen molar-refractivity contribution in [3.8, 4) is 11.1 Å². The van der Waals surface area contributed by atoms with Crippen LogP contribution in [-0.4, -0.2) is 22.8 Å². The largest absolute Gasteiger partial charge is 0.368 e. The lowest BCUT2D eigenvalue weighted by Gasteiger charge is -2.28. The Labute approximate surface area is 186 Å². The van der Waals surface area contributed by atoms with Crippen LogP contribution in [0.4, 0.5) is 0 Å². The second-order valence-corrected chi connectivity index (χ2v) is 10.2. The van der Waals surface area contributed by atoms with Crippen molar-refractivity contribution in [1.82, 2.24) is 0 Å². The summed E-state index contributed by atoms with van der Waals surface area (Å²) >= 11 is 12.5. The molecule has 2 heterocycles. The van der Waals surface area contributed by atoms with Gasteiger partial charge in [-0.1, -0.05) is 48.3 Å². The monoisotopic (exact) mass is 442 g/mol. The Morgan fingerprint density at radius 2 is 1.60 bits per heavy atom. The maximum atomic E-state index is 13.6. The van der Waals surface area contributed by atoms with Crippen LogP contribution in [0.25, 0.3) is 11.1 Å². The van der Waals surface area contributed by atoms with Gasteiger partial charge in [-0.15, -0.1) is 0 Å². The van der Waals surface area contributed by atoms with Gasteiger partial charge in [0.1, 0.15) is 5.92 Å². The highest BCUT2D eigenvalue weighted by Crippen LogP contribution is 2.62. The molecule has 2 aromatic rings. The molecule has 1 aliphatic carbocycles. The molecule has 3 aliphatic rings. The highest BCUT2D eigenvalue weighted by molar-refractivity contribution is 6.36. The minimum absolute atomic E-state index is 0.0185. The number of Topliss-reactive ketones (excluding diaryl/α,β-unsaturated/α-hetero) is 2. The lowest BCUT2D eigenvalue weighted by atomic mass is 9.69. The van der Waals surface area contributed by atoms with Crippen LogP contribution >= 0.6 is 23.2 Å². The summed E-state index contributed by atoms with van der Waals surface area (Å²) in [5.74, 6) is -1.38. The van der Waals surface area contributed by atoms with Gasteiger partial charge >= 0.3 is 0 Å². The molecule has 2 aromatic carbocycles. The van der Waals surface area contributed by atoms with Crippen LogP contribution in [0.3, 0.4) is 0 Å². The summed E-state index contributed by atoms with van der Waals surface area (Å²) in [5.41, 5.74) is 2.52. The van der Waals surface area contributed by atoms with Crippen molar-refractivity contribution in [3.63, 3.8) is 0 Å². The highest BCUT2D eigenvalue weighted by atomic mass is 35.5. The molecule has 0 radical (unpaired) electrons. The van der Waals surface area contributed by atoms with Gasteiger partial charge in [0, 0.05) is 15.6 Å². The van der Waals surface area contributed by atoms with E-state index in [1.54, 1.807) is 12.1 Å². The van der Waals surface area contributed by atoms with Crippen molar-refractivity contribution in [1.29, 1.82) is 0 Å². The predicted molar refractivity (Wildman–Crippen MR) is 118 cm³/mol. The average Bonchev–Trinajstić information content (AvgIpc) is 3.25. The molecule has 4 unspecified atom stereocenters. The molecule has 1 saturated carbocycles. The predicted octanol–water partition coefficient (Wildman–Crippen LogP) is 6.03. The fourth-order valence-corrected chi connectivity index (χ4v) is 6.60. The smallest absolute Gasteiger partial charge is 0.154 e. The van der Waals surface area contributed by atoms with Crippen molar-refractivity contribution in [3.05, 3.63) is 57.6 Å². The molecule has 4 atom stereocenters. The van der Waals surface area contributed by atoms with E-state index in [1.165, 1.54) is 0 Å². The Balaban J connectivity index is 1.62. The summed E-state index contributed by atoms with van der Waals surface area (Å²) in [6.07, 6.45) is 2.41. The third-order valence-corrected chi connectivity index (χ3v) is 8.04. The Morgan fingerprint density at radius 3 is 2.17 bits per heavy atom. The van der Waals surface area contributed by atoms with E-state index in [2.05, 4.69) is 0 Å². The third kappa shape index (κ3) is 2.68. The molecule has 5 heteroatoms. The number of halogens is 2. The van der Waals surface area contributed by atoms with Crippen LogP contribution < -0.4 is 0 Å². The molecule has 0 N–H and O–H groups in total. The maximum absolute atomic E-state index is 13.6. The second-order valence-electron chi connectivity index (χ2n) is 9.31. The Morgan fingerprint density at radius 1 is 0.967 bits per heavy atom. The molecule has 3 fully saturated rings. The van der Waals surface area contributed by atoms with Gasteiger partial charge in [0.15, 0.2) is 11.6 Å². The lowest BCUT2D eigenvalue weighted by molar-refractivity contribution is -0.132. The Kier molecular flexibility index (Phi) is 4.49. The SMILES string of the molecule is CCc1ccc(-c2ccc(Cl)cc2Cl)cc1C1C(=O)C2C(C1=O)C1(C)CCC2(C)O1. The van der Waals surface area contributed by atoms with Gasteiger partial charge in [-0.3, -0.25) is 9.59 Å². The molecule has 2 bridgehead atoms.